The molecule has 0 spiro atoms. The van der Waals surface area contributed by atoms with Gasteiger partial charge >= 0.3 is 0 Å². The van der Waals surface area contributed by atoms with Gasteiger partial charge in [0.25, 0.3) is 5.69 Å². The quantitative estimate of drug-likeness (QED) is 0.530. The topological polar surface area (TPSA) is 120 Å². The molecule has 1 saturated heterocycles. The van der Waals surface area contributed by atoms with Gasteiger partial charge in [0, 0.05) is 56.5 Å². The van der Waals surface area contributed by atoms with Gasteiger partial charge in [-0.05, 0) is 6.07 Å². The SMILES string of the molecule is COc1cc(OC)cc(Oc2ccc([N+](=O)[O-])cc2S(=O)(=O)N2CCNCC2)c1. The van der Waals surface area contributed by atoms with E-state index in [2.05, 4.69) is 5.32 Å². The van der Waals surface area contributed by atoms with Gasteiger partial charge in [-0.25, -0.2) is 8.42 Å². The lowest BCUT2D eigenvalue weighted by Crippen LogP contribution is -2.46. The molecule has 2 aromatic carbocycles. The highest BCUT2D eigenvalue weighted by molar-refractivity contribution is 7.89. The van der Waals surface area contributed by atoms with Gasteiger partial charge in [-0.3, -0.25) is 10.1 Å². The van der Waals surface area contributed by atoms with Crippen molar-refractivity contribution < 1.29 is 27.6 Å². The molecule has 1 fully saturated rings. The fourth-order valence-electron chi connectivity index (χ4n) is 2.89. The predicted molar refractivity (Wildman–Crippen MR) is 104 cm³/mol. The summed E-state index contributed by atoms with van der Waals surface area (Å²) in [6.07, 6.45) is 0. The number of hydrogen-bond acceptors (Lipinski definition) is 8. The van der Waals surface area contributed by atoms with Crippen molar-refractivity contribution in [3.05, 3.63) is 46.5 Å². The number of piperazine rings is 1. The molecule has 1 aliphatic rings. The number of rotatable bonds is 7. The van der Waals surface area contributed by atoms with Crippen molar-refractivity contribution in [1.82, 2.24) is 9.62 Å². The van der Waals surface area contributed by atoms with Gasteiger partial charge in [-0.15, -0.1) is 0 Å². The van der Waals surface area contributed by atoms with Crippen LogP contribution in [0.25, 0.3) is 0 Å². The highest BCUT2D eigenvalue weighted by Crippen LogP contribution is 2.36. The lowest BCUT2D eigenvalue weighted by Gasteiger charge is -2.27. The van der Waals surface area contributed by atoms with Crippen LogP contribution in [0.1, 0.15) is 0 Å². The molecule has 0 radical (unpaired) electrons. The van der Waals surface area contributed by atoms with E-state index in [1.165, 1.54) is 30.7 Å². The summed E-state index contributed by atoms with van der Waals surface area (Å²) in [5.41, 5.74) is -0.339. The van der Waals surface area contributed by atoms with Crippen LogP contribution >= 0.6 is 0 Å². The van der Waals surface area contributed by atoms with E-state index in [1.54, 1.807) is 18.2 Å². The van der Waals surface area contributed by atoms with Crippen LogP contribution in [0.4, 0.5) is 5.69 Å². The molecule has 29 heavy (non-hydrogen) atoms. The number of hydrogen-bond donors (Lipinski definition) is 1. The Labute approximate surface area is 168 Å². The molecule has 1 N–H and O–H groups in total. The maximum atomic E-state index is 13.2. The second-order valence-electron chi connectivity index (χ2n) is 6.19. The lowest BCUT2D eigenvalue weighted by atomic mass is 10.3. The maximum absolute atomic E-state index is 13.2. The first-order chi connectivity index (χ1) is 13.8. The highest BCUT2D eigenvalue weighted by Gasteiger charge is 2.31. The van der Waals surface area contributed by atoms with E-state index in [4.69, 9.17) is 14.2 Å². The molecule has 0 saturated carbocycles. The molecular formula is C18H21N3O7S. The molecule has 0 amide bonds. The Kier molecular flexibility index (Phi) is 6.20. The van der Waals surface area contributed by atoms with Crippen molar-refractivity contribution in [2.45, 2.75) is 4.90 Å². The first-order valence-corrected chi connectivity index (χ1v) is 10.2. The second-order valence-corrected chi connectivity index (χ2v) is 8.10. The molecule has 0 unspecified atom stereocenters. The average Bonchev–Trinajstić information content (AvgIpc) is 2.74. The Morgan fingerprint density at radius 2 is 1.59 bits per heavy atom. The molecule has 1 heterocycles. The fourth-order valence-corrected chi connectivity index (χ4v) is 4.46. The van der Waals surface area contributed by atoms with Crippen molar-refractivity contribution in [2.24, 2.45) is 0 Å². The van der Waals surface area contributed by atoms with Crippen LogP contribution in [0, 0.1) is 10.1 Å². The molecule has 2 aromatic rings. The van der Waals surface area contributed by atoms with Gasteiger partial charge in [-0.1, -0.05) is 0 Å². The minimum atomic E-state index is -4.00. The molecule has 0 bridgehead atoms. The van der Waals surface area contributed by atoms with Crippen LogP contribution < -0.4 is 19.5 Å². The van der Waals surface area contributed by atoms with Crippen LogP contribution in [-0.4, -0.2) is 58.0 Å². The summed E-state index contributed by atoms with van der Waals surface area (Å²) in [6.45, 7) is 1.52. The number of nitro benzene ring substituents is 1. The monoisotopic (exact) mass is 423 g/mol. The van der Waals surface area contributed by atoms with Crippen molar-refractivity contribution >= 4 is 15.7 Å². The molecule has 0 aromatic heterocycles. The zero-order chi connectivity index (χ0) is 21.0. The first-order valence-electron chi connectivity index (χ1n) is 8.75. The molecule has 3 rings (SSSR count). The van der Waals surface area contributed by atoms with E-state index in [0.29, 0.717) is 24.6 Å². The van der Waals surface area contributed by atoms with E-state index in [9.17, 15) is 18.5 Å². The Morgan fingerprint density at radius 3 is 2.14 bits per heavy atom. The Bertz CT molecular complexity index is 982. The van der Waals surface area contributed by atoms with Crippen molar-refractivity contribution in [1.29, 1.82) is 0 Å². The summed E-state index contributed by atoms with van der Waals surface area (Å²) in [7, 11) is -1.05. The zero-order valence-electron chi connectivity index (χ0n) is 16.0. The number of non-ortho nitro benzene ring substituents is 1. The minimum Gasteiger partial charge on any atom is -0.496 e. The number of nitro groups is 1. The number of benzene rings is 2. The molecule has 0 aliphatic carbocycles. The molecular weight excluding hydrogens is 402 g/mol. The van der Waals surface area contributed by atoms with Crippen molar-refractivity contribution in [3.8, 4) is 23.0 Å². The number of ether oxygens (including phenoxy) is 3. The van der Waals surface area contributed by atoms with Crippen LogP contribution in [0.15, 0.2) is 41.3 Å². The number of nitrogens with zero attached hydrogens (tertiary/aromatic N) is 2. The second kappa shape index (κ2) is 8.64. The predicted octanol–water partition coefficient (Wildman–Crippen LogP) is 2.00. The van der Waals surface area contributed by atoms with Gasteiger partial charge < -0.3 is 19.5 Å². The van der Waals surface area contributed by atoms with Crippen molar-refractivity contribution in [2.75, 3.05) is 40.4 Å². The van der Waals surface area contributed by atoms with Crippen molar-refractivity contribution in [3.63, 3.8) is 0 Å². The number of methoxy groups -OCH3 is 2. The average molecular weight is 423 g/mol. The normalized spacial score (nSPS) is 15.0. The maximum Gasteiger partial charge on any atom is 0.271 e. The lowest BCUT2D eigenvalue weighted by molar-refractivity contribution is -0.385. The first kappa shape index (κ1) is 20.8. The van der Waals surface area contributed by atoms with Crippen LogP contribution in [0.5, 0.6) is 23.0 Å². The van der Waals surface area contributed by atoms with E-state index < -0.39 is 14.9 Å². The Morgan fingerprint density at radius 1 is 1.00 bits per heavy atom. The molecule has 11 heteroatoms. The Balaban J connectivity index is 2.06. The van der Waals surface area contributed by atoms with E-state index >= 15 is 0 Å². The smallest absolute Gasteiger partial charge is 0.271 e. The van der Waals surface area contributed by atoms with Crippen LogP contribution in [-0.2, 0) is 10.0 Å². The minimum absolute atomic E-state index is 0.0237. The summed E-state index contributed by atoms with van der Waals surface area (Å²) in [5.74, 6) is 1.15. The summed E-state index contributed by atoms with van der Waals surface area (Å²) >= 11 is 0. The van der Waals surface area contributed by atoms with Gasteiger partial charge in [-0.2, -0.15) is 4.31 Å². The van der Waals surface area contributed by atoms with Gasteiger partial charge in [0.15, 0.2) is 0 Å². The molecule has 1 aliphatic heterocycles. The third-order valence-electron chi connectivity index (χ3n) is 4.38. The molecule has 0 atom stereocenters. The van der Waals surface area contributed by atoms with E-state index in [0.717, 1.165) is 6.07 Å². The van der Waals surface area contributed by atoms with Crippen LogP contribution in [0.3, 0.4) is 0 Å². The zero-order valence-corrected chi connectivity index (χ0v) is 16.8. The third-order valence-corrected chi connectivity index (χ3v) is 6.30. The fraction of sp³-hybridized carbons (Fsp3) is 0.333. The summed E-state index contributed by atoms with van der Waals surface area (Å²) in [4.78, 5) is 10.3. The highest BCUT2D eigenvalue weighted by atomic mass is 32.2. The largest absolute Gasteiger partial charge is 0.496 e. The summed E-state index contributed by atoms with van der Waals surface area (Å²) < 4.78 is 43.8. The number of nitrogens with one attached hydrogen (secondary N) is 1. The molecule has 156 valence electrons. The van der Waals surface area contributed by atoms with Crippen LogP contribution in [0.2, 0.25) is 0 Å². The van der Waals surface area contributed by atoms with Gasteiger partial charge in [0.05, 0.1) is 19.1 Å². The van der Waals surface area contributed by atoms with E-state index in [1.807, 2.05) is 0 Å². The van der Waals surface area contributed by atoms with Gasteiger partial charge in [0.2, 0.25) is 10.0 Å². The molecule has 10 nitrogen and oxygen atoms in total. The summed E-state index contributed by atoms with van der Waals surface area (Å²) in [5, 5.41) is 14.3. The van der Waals surface area contributed by atoms with E-state index in [-0.39, 0.29) is 35.2 Å². The third kappa shape index (κ3) is 4.58. The number of sulfonamides is 1. The summed E-state index contributed by atoms with van der Waals surface area (Å²) in [6, 6.07) is 8.25. The standard InChI is InChI=1S/C18H21N3O7S/c1-26-14-10-15(27-2)12-16(11-14)28-17-4-3-13(21(22)23)9-18(17)29(24,25)20-7-5-19-6-8-20/h3-4,9-12,19H,5-8H2,1-2H3. The Hall–Kier alpha value is -2.89. The van der Waals surface area contributed by atoms with Gasteiger partial charge in [0.1, 0.15) is 27.9 Å².